The molecule has 0 aromatic heterocycles. The summed E-state index contributed by atoms with van der Waals surface area (Å²) < 4.78 is 51.8. The molecule has 1 aliphatic heterocycles. The first kappa shape index (κ1) is 26.5. The van der Waals surface area contributed by atoms with Crippen molar-refractivity contribution in [3.63, 3.8) is 0 Å². The second kappa shape index (κ2) is 9.71. The molecule has 9 nitrogen and oxygen atoms in total. The summed E-state index contributed by atoms with van der Waals surface area (Å²) in [5, 5.41) is 13.5. The minimum absolute atomic E-state index is 0.0573. The van der Waals surface area contributed by atoms with Crippen LogP contribution >= 0.6 is 22.4 Å². The summed E-state index contributed by atoms with van der Waals surface area (Å²) in [6.45, 7) is 3.98. The van der Waals surface area contributed by atoms with Gasteiger partial charge in [0.15, 0.2) is 11.6 Å². The number of nitrogens with zero attached hydrogens (tertiary/aromatic N) is 1. The Morgan fingerprint density at radius 3 is 2.42 bits per heavy atom. The van der Waals surface area contributed by atoms with Crippen molar-refractivity contribution in [3.05, 3.63) is 59.2 Å². The Bertz CT molecular complexity index is 1380. The molecule has 1 aliphatic carbocycles. The predicted octanol–water partition coefficient (Wildman–Crippen LogP) is 5.86. The third-order valence-corrected chi connectivity index (χ3v) is 9.41. The molecule has 5 N–H and O–H groups in total. The van der Waals surface area contributed by atoms with Crippen LogP contribution in [0.25, 0.3) is 5.76 Å². The molecule has 194 valence electrons. The molecule has 2 aromatic carbocycles. The van der Waals surface area contributed by atoms with E-state index < -0.39 is 31.4 Å². The van der Waals surface area contributed by atoms with Crippen molar-refractivity contribution in [2.24, 2.45) is 4.40 Å². The molecule has 1 heterocycles. The Labute approximate surface area is 216 Å². The molecule has 4 rings (SSSR count). The number of aliphatic hydroxyl groups is 1. The zero-order chi connectivity index (χ0) is 26.3. The summed E-state index contributed by atoms with van der Waals surface area (Å²) >= 11 is 5.44. The summed E-state index contributed by atoms with van der Waals surface area (Å²) in [6, 6.07) is 11.3. The number of hydrogen-bond donors (Lipinski definition) is 5. The lowest BCUT2D eigenvalue weighted by Gasteiger charge is -2.40. The summed E-state index contributed by atoms with van der Waals surface area (Å²) in [5.74, 6) is -0.765. The first-order chi connectivity index (χ1) is 17.0. The number of anilines is 2. The number of sulfonamides is 1. The van der Waals surface area contributed by atoms with Crippen molar-refractivity contribution >= 4 is 61.2 Å². The van der Waals surface area contributed by atoms with Gasteiger partial charge in [-0.25, -0.2) is 8.42 Å². The zero-order valence-electron chi connectivity index (χ0n) is 19.8. The van der Waals surface area contributed by atoms with E-state index in [4.69, 9.17) is 11.6 Å². The highest BCUT2D eigenvalue weighted by molar-refractivity contribution is 8.23. The largest absolute Gasteiger partial charge is 0.506 e. The second-order valence-corrected chi connectivity index (χ2v) is 12.8. The first-order valence-corrected chi connectivity index (χ1v) is 15.1. The second-order valence-electron chi connectivity index (χ2n) is 8.80. The molecule has 0 unspecified atom stereocenters. The van der Waals surface area contributed by atoms with Crippen LogP contribution in [0, 0.1) is 0 Å². The molecule has 0 radical (unpaired) electrons. The normalized spacial score (nSPS) is 19.0. The van der Waals surface area contributed by atoms with Crippen molar-refractivity contribution in [1.29, 1.82) is 0 Å². The maximum Gasteiger partial charge on any atom is 0.246 e. The number of rotatable bonds is 8. The Balaban J connectivity index is 1.85. The average molecular weight is 554 g/mol. The standard InChI is InChI=1S/C24H28ClN3O6S2/c1-3-11-24(12-4-2)17-8-6-5-7-16(17)21(29)20(22(24)30)23-26-18-10-9-15(27-35(31,32)14-25)13-19(18)36(33,34)28-23/h5-10,13,27,29,33-34H,3-4,11-12,14H2,1-2H3,(H,26,28). The van der Waals surface area contributed by atoms with E-state index in [1.165, 1.54) is 18.2 Å². The van der Waals surface area contributed by atoms with E-state index in [0.717, 1.165) is 18.4 Å². The summed E-state index contributed by atoms with van der Waals surface area (Å²) in [7, 11) is -7.66. The molecule has 2 aliphatic rings. The van der Waals surface area contributed by atoms with Crippen LogP contribution < -0.4 is 10.0 Å². The van der Waals surface area contributed by atoms with Gasteiger partial charge < -0.3 is 10.4 Å². The van der Waals surface area contributed by atoms with Gasteiger partial charge in [-0.05, 0) is 36.6 Å². The Morgan fingerprint density at radius 1 is 1.11 bits per heavy atom. The monoisotopic (exact) mass is 553 g/mol. The van der Waals surface area contributed by atoms with Gasteiger partial charge in [0.2, 0.25) is 10.0 Å². The van der Waals surface area contributed by atoms with Gasteiger partial charge in [0, 0.05) is 5.56 Å². The van der Waals surface area contributed by atoms with Crippen LogP contribution in [0.2, 0.25) is 0 Å². The fraction of sp³-hybridized carbons (Fsp3) is 0.333. The van der Waals surface area contributed by atoms with Crippen LogP contribution in [0.1, 0.15) is 50.7 Å². The van der Waals surface area contributed by atoms with Gasteiger partial charge in [-0.15, -0.1) is 16.0 Å². The van der Waals surface area contributed by atoms with Gasteiger partial charge in [0.05, 0.1) is 16.8 Å². The molecular formula is C24H28ClN3O6S2. The quantitative estimate of drug-likeness (QED) is 0.257. The fourth-order valence-corrected chi connectivity index (χ4v) is 6.86. The molecule has 0 amide bonds. The Kier molecular flexibility index (Phi) is 7.15. The molecule has 0 atom stereocenters. The highest BCUT2D eigenvalue weighted by atomic mass is 35.5. The summed E-state index contributed by atoms with van der Waals surface area (Å²) in [5.41, 5.74) is 0.555. The fourth-order valence-electron chi connectivity index (χ4n) is 4.96. The molecule has 0 bridgehead atoms. The SMILES string of the molecule is CCCC1(CCC)C(=O)C(C2=NS(O)(O)c3cc(NS(=O)(=O)CCl)ccc3N2)=C(O)c2ccccc21. The van der Waals surface area contributed by atoms with Crippen LogP contribution in [-0.2, 0) is 20.2 Å². The third kappa shape index (κ3) is 4.50. The maximum atomic E-state index is 14.1. The highest BCUT2D eigenvalue weighted by Gasteiger charge is 2.48. The number of hydrogen-bond acceptors (Lipinski definition) is 8. The van der Waals surface area contributed by atoms with Crippen LogP contribution in [0.15, 0.2) is 57.3 Å². The van der Waals surface area contributed by atoms with Crippen molar-refractivity contribution in [2.45, 2.75) is 49.8 Å². The van der Waals surface area contributed by atoms with Gasteiger partial charge in [-0.2, -0.15) is 0 Å². The topological polar surface area (TPSA) is 148 Å². The Hall–Kier alpha value is -2.57. The lowest BCUT2D eigenvalue weighted by Crippen LogP contribution is -2.44. The molecule has 12 heteroatoms. The van der Waals surface area contributed by atoms with Gasteiger partial charge in [0.1, 0.15) is 21.4 Å². The number of carbonyl (C=O) groups is 1. The maximum absolute atomic E-state index is 14.1. The number of amidine groups is 1. The van der Waals surface area contributed by atoms with Crippen LogP contribution in [0.4, 0.5) is 11.4 Å². The third-order valence-electron chi connectivity index (χ3n) is 6.35. The van der Waals surface area contributed by atoms with Crippen molar-refractivity contribution in [2.75, 3.05) is 15.3 Å². The van der Waals surface area contributed by atoms with Crippen LogP contribution in [-0.4, -0.2) is 39.5 Å². The number of alkyl halides is 1. The molecule has 0 saturated carbocycles. The van der Waals surface area contributed by atoms with Crippen LogP contribution in [0.3, 0.4) is 0 Å². The molecule has 0 saturated heterocycles. The van der Waals surface area contributed by atoms with E-state index in [1.807, 2.05) is 26.0 Å². The number of Topliss-reactive ketones (excluding diaryl/α,β-unsaturated/α-hetero) is 1. The number of fused-ring (bicyclic) bond motifs is 2. The molecule has 0 spiro atoms. The number of aliphatic hydroxyl groups excluding tert-OH is 1. The van der Waals surface area contributed by atoms with Crippen molar-refractivity contribution in [1.82, 2.24) is 0 Å². The van der Waals surface area contributed by atoms with Crippen molar-refractivity contribution in [3.8, 4) is 0 Å². The van der Waals surface area contributed by atoms with E-state index in [-0.39, 0.29) is 39.2 Å². The zero-order valence-corrected chi connectivity index (χ0v) is 22.2. The highest BCUT2D eigenvalue weighted by Crippen LogP contribution is 2.57. The van der Waals surface area contributed by atoms with E-state index in [9.17, 15) is 27.4 Å². The van der Waals surface area contributed by atoms with E-state index in [2.05, 4.69) is 14.4 Å². The van der Waals surface area contributed by atoms with E-state index in [0.29, 0.717) is 18.4 Å². The molecule has 0 fully saturated rings. The predicted molar refractivity (Wildman–Crippen MR) is 144 cm³/mol. The van der Waals surface area contributed by atoms with E-state index in [1.54, 1.807) is 12.1 Å². The van der Waals surface area contributed by atoms with Gasteiger partial charge in [-0.3, -0.25) is 18.6 Å². The molecule has 36 heavy (non-hydrogen) atoms. The Morgan fingerprint density at radius 2 is 1.78 bits per heavy atom. The minimum Gasteiger partial charge on any atom is -0.506 e. The number of carbonyl (C=O) groups excluding carboxylic acids is 1. The minimum atomic E-state index is -3.85. The molecule has 2 aromatic rings. The number of halogens is 1. The van der Waals surface area contributed by atoms with Gasteiger partial charge in [-0.1, -0.05) is 61.7 Å². The number of ketones is 1. The van der Waals surface area contributed by atoms with Gasteiger partial charge in [0.25, 0.3) is 0 Å². The number of benzene rings is 2. The smallest absolute Gasteiger partial charge is 0.246 e. The summed E-state index contributed by atoms with van der Waals surface area (Å²) in [4.78, 5) is 14.0. The average Bonchev–Trinajstić information content (AvgIpc) is 2.83. The lowest BCUT2D eigenvalue weighted by atomic mass is 9.63. The van der Waals surface area contributed by atoms with Crippen molar-refractivity contribution < 1.29 is 27.4 Å². The molecular weight excluding hydrogens is 526 g/mol. The van der Waals surface area contributed by atoms with Crippen LogP contribution in [0.5, 0.6) is 0 Å². The first-order valence-electron chi connectivity index (χ1n) is 11.4. The van der Waals surface area contributed by atoms with Gasteiger partial charge >= 0.3 is 0 Å². The van der Waals surface area contributed by atoms with E-state index >= 15 is 0 Å². The number of nitrogens with one attached hydrogen (secondary N) is 2. The lowest BCUT2D eigenvalue weighted by molar-refractivity contribution is -0.121. The summed E-state index contributed by atoms with van der Waals surface area (Å²) in [6.07, 6.45) is 2.56.